The van der Waals surface area contributed by atoms with Crippen molar-refractivity contribution in [3.05, 3.63) is 12.4 Å². The van der Waals surface area contributed by atoms with Gasteiger partial charge in [0.05, 0.1) is 12.8 Å². The Labute approximate surface area is 108 Å². The second kappa shape index (κ2) is 7.03. The molecule has 0 amide bonds. The third kappa shape index (κ3) is 5.10. The topological polar surface area (TPSA) is 50.1 Å². The smallest absolute Gasteiger partial charge is 0.0625 e. The molecule has 4 nitrogen and oxygen atoms in total. The highest BCUT2D eigenvalue weighted by atomic mass is 32.2. The molecule has 0 radical (unpaired) electrons. The van der Waals surface area contributed by atoms with Crippen LogP contribution in [0.15, 0.2) is 17.3 Å². The van der Waals surface area contributed by atoms with Crippen LogP contribution < -0.4 is 5.32 Å². The summed E-state index contributed by atoms with van der Waals surface area (Å²) in [6.45, 7) is 5.23. The third-order valence-corrected chi connectivity index (χ3v) is 3.81. The average Bonchev–Trinajstić information content (AvgIpc) is 2.71. The lowest BCUT2D eigenvalue weighted by Crippen LogP contribution is -2.45. The molecule has 0 bridgehead atoms. The molecular weight excluding hydrogens is 234 g/mol. The number of aromatic nitrogens is 2. The predicted molar refractivity (Wildman–Crippen MR) is 72.3 cm³/mol. The van der Waals surface area contributed by atoms with Gasteiger partial charge in [0.2, 0.25) is 0 Å². The van der Waals surface area contributed by atoms with Gasteiger partial charge in [-0.25, -0.2) is 0 Å². The standard InChI is InChI=1S/C12H23N3OS/c1-4-13-12(2,10-16)6-5-7-17-11-8-14-15(3)9-11/h8-9,13,16H,4-7,10H2,1-3H3. The zero-order valence-electron chi connectivity index (χ0n) is 10.9. The molecule has 0 aliphatic rings. The minimum Gasteiger partial charge on any atom is -0.394 e. The summed E-state index contributed by atoms with van der Waals surface area (Å²) in [5, 5.41) is 16.8. The first kappa shape index (κ1) is 14.5. The van der Waals surface area contributed by atoms with Crippen molar-refractivity contribution < 1.29 is 5.11 Å². The SMILES string of the molecule is CCNC(C)(CO)CCCSc1cnn(C)c1. The lowest BCUT2D eigenvalue weighted by Gasteiger charge is -2.28. The van der Waals surface area contributed by atoms with Crippen molar-refractivity contribution in [3.8, 4) is 0 Å². The molecule has 2 N–H and O–H groups in total. The number of aryl methyl sites for hydroxylation is 1. The summed E-state index contributed by atoms with van der Waals surface area (Å²) in [5.41, 5.74) is -0.135. The summed E-state index contributed by atoms with van der Waals surface area (Å²) in [6.07, 6.45) is 5.99. The molecule has 1 atom stereocenters. The quantitative estimate of drug-likeness (QED) is 0.549. The molecule has 0 spiro atoms. The lowest BCUT2D eigenvalue weighted by molar-refractivity contribution is 0.167. The van der Waals surface area contributed by atoms with Crippen molar-refractivity contribution in [2.24, 2.45) is 7.05 Å². The number of rotatable bonds is 8. The average molecular weight is 257 g/mol. The fourth-order valence-electron chi connectivity index (χ4n) is 1.78. The first-order chi connectivity index (χ1) is 8.09. The Balaban J connectivity index is 2.23. The molecule has 0 aliphatic carbocycles. The zero-order chi connectivity index (χ0) is 12.7. The molecule has 0 fully saturated rings. The van der Waals surface area contributed by atoms with E-state index in [1.165, 1.54) is 4.90 Å². The van der Waals surface area contributed by atoms with E-state index in [0.29, 0.717) is 0 Å². The van der Waals surface area contributed by atoms with E-state index in [-0.39, 0.29) is 12.1 Å². The van der Waals surface area contributed by atoms with Crippen molar-refractivity contribution in [1.82, 2.24) is 15.1 Å². The molecule has 1 heterocycles. The van der Waals surface area contributed by atoms with E-state index in [9.17, 15) is 5.11 Å². The number of aliphatic hydroxyl groups excluding tert-OH is 1. The van der Waals surface area contributed by atoms with E-state index in [1.807, 2.05) is 35.9 Å². The normalized spacial score (nSPS) is 14.8. The van der Waals surface area contributed by atoms with Gasteiger partial charge in [-0.3, -0.25) is 4.68 Å². The maximum atomic E-state index is 9.35. The number of thioether (sulfide) groups is 1. The van der Waals surface area contributed by atoms with Crippen molar-refractivity contribution in [2.45, 2.75) is 37.1 Å². The summed E-state index contributed by atoms with van der Waals surface area (Å²) >= 11 is 1.82. The molecule has 1 aromatic rings. The Hall–Kier alpha value is -0.520. The molecule has 98 valence electrons. The summed E-state index contributed by atoms with van der Waals surface area (Å²) in [7, 11) is 1.93. The summed E-state index contributed by atoms with van der Waals surface area (Å²) in [4.78, 5) is 1.21. The Morgan fingerprint density at radius 3 is 2.88 bits per heavy atom. The number of aliphatic hydroxyl groups is 1. The Morgan fingerprint density at radius 1 is 1.59 bits per heavy atom. The van der Waals surface area contributed by atoms with E-state index >= 15 is 0 Å². The number of nitrogens with zero attached hydrogens (tertiary/aromatic N) is 2. The van der Waals surface area contributed by atoms with Gasteiger partial charge in [-0.1, -0.05) is 6.92 Å². The summed E-state index contributed by atoms with van der Waals surface area (Å²) in [6, 6.07) is 0. The molecule has 1 unspecified atom stereocenters. The van der Waals surface area contributed by atoms with E-state index in [2.05, 4.69) is 24.3 Å². The molecule has 1 rings (SSSR count). The molecular formula is C12H23N3OS. The van der Waals surface area contributed by atoms with Crippen LogP contribution in [0.4, 0.5) is 0 Å². The van der Waals surface area contributed by atoms with Crippen molar-refractivity contribution in [1.29, 1.82) is 0 Å². The fourth-order valence-corrected chi connectivity index (χ4v) is 2.65. The zero-order valence-corrected chi connectivity index (χ0v) is 11.8. The predicted octanol–water partition coefficient (Wildman–Crippen LogP) is 1.65. The van der Waals surface area contributed by atoms with Gasteiger partial charge in [-0.05, 0) is 32.1 Å². The van der Waals surface area contributed by atoms with Crippen LogP contribution in [-0.2, 0) is 7.05 Å². The number of hydrogen-bond acceptors (Lipinski definition) is 4. The molecule has 0 aromatic carbocycles. The second-order valence-electron chi connectivity index (χ2n) is 4.55. The summed E-state index contributed by atoms with van der Waals surface area (Å²) < 4.78 is 1.82. The highest BCUT2D eigenvalue weighted by molar-refractivity contribution is 7.99. The largest absolute Gasteiger partial charge is 0.394 e. The van der Waals surface area contributed by atoms with Gasteiger partial charge in [-0.15, -0.1) is 11.8 Å². The minimum atomic E-state index is -0.135. The maximum absolute atomic E-state index is 9.35. The lowest BCUT2D eigenvalue weighted by atomic mass is 9.97. The summed E-state index contributed by atoms with van der Waals surface area (Å²) in [5.74, 6) is 1.06. The molecule has 0 aliphatic heterocycles. The number of likely N-dealkylation sites (N-methyl/N-ethyl adjacent to an activating group) is 1. The van der Waals surface area contributed by atoms with Gasteiger partial charge in [0.15, 0.2) is 0 Å². The van der Waals surface area contributed by atoms with Crippen molar-refractivity contribution in [3.63, 3.8) is 0 Å². The van der Waals surface area contributed by atoms with Crippen LogP contribution in [0.5, 0.6) is 0 Å². The number of hydrogen-bond donors (Lipinski definition) is 2. The van der Waals surface area contributed by atoms with E-state index < -0.39 is 0 Å². The van der Waals surface area contributed by atoms with Crippen LogP contribution in [0.1, 0.15) is 26.7 Å². The van der Waals surface area contributed by atoms with Crippen LogP contribution in [0.25, 0.3) is 0 Å². The molecule has 5 heteroatoms. The molecule has 1 aromatic heterocycles. The van der Waals surface area contributed by atoms with Crippen molar-refractivity contribution in [2.75, 3.05) is 18.9 Å². The van der Waals surface area contributed by atoms with E-state index in [0.717, 1.165) is 25.1 Å². The fraction of sp³-hybridized carbons (Fsp3) is 0.750. The number of nitrogens with one attached hydrogen (secondary N) is 1. The first-order valence-corrected chi connectivity index (χ1v) is 7.05. The Kier molecular flexibility index (Phi) is 6.02. The molecule has 0 saturated carbocycles. The Bertz CT molecular complexity index is 329. The van der Waals surface area contributed by atoms with Gasteiger partial charge in [0.1, 0.15) is 0 Å². The van der Waals surface area contributed by atoms with E-state index in [1.54, 1.807) is 0 Å². The van der Waals surface area contributed by atoms with Gasteiger partial charge in [0, 0.05) is 23.7 Å². The van der Waals surface area contributed by atoms with Gasteiger partial charge in [-0.2, -0.15) is 5.10 Å². The van der Waals surface area contributed by atoms with Gasteiger partial charge >= 0.3 is 0 Å². The van der Waals surface area contributed by atoms with Gasteiger partial charge in [0.25, 0.3) is 0 Å². The van der Waals surface area contributed by atoms with Crippen LogP contribution in [-0.4, -0.2) is 39.3 Å². The highest BCUT2D eigenvalue weighted by Crippen LogP contribution is 2.20. The third-order valence-electron chi connectivity index (χ3n) is 2.78. The van der Waals surface area contributed by atoms with Crippen LogP contribution in [0, 0.1) is 0 Å². The van der Waals surface area contributed by atoms with Crippen LogP contribution in [0.2, 0.25) is 0 Å². The second-order valence-corrected chi connectivity index (χ2v) is 5.72. The van der Waals surface area contributed by atoms with Crippen LogP contribution in [0.3, 0.4) is 0 Å². The van der Waals surface area contributed by atoms with E-state index in [4.69, 9.17) is 0 Å². The maximum Gasteiger partial charge on any atom is 0.0625 e. The van der Waals surface area contributed by atoms with Gasteiger partial charge < -0.3 is 10.4 Å². The Morgan fingerprint density at radius 2 is 2.35 bits per heavy atom. The first-order valence-electron chi connectivity index (χ1n) is 6.07. The molecule has 0 saturated heterocycles. The minimum absolute atomic E-state index is 0.135. The monoisotopic (exact) mass is 257 g/mol. The molecule has 17 heavy (non-hydrogen) atoms. The van der Waals surface area contributed by atoms with Crippen LogP contribution >= 0.6 is 11.8 Å². The highest BCUT2D eigenvalue weighted by Gasteiger charge is 2.20. The van der Waals surface area contributed by atoms with Crippen molar-refractivity contribution >= 4 is 11.8 Å².